The molecule has 5 heteroatoms. The molecular weight excluding hydrogens is 290 g/mol. The number of thiophene rings is 1. The van der Waals surface area contributed by atoms with Gasteiger partial charge in [0.15, 0.2) is 0 Å². The Bertz CT molecular complexity index is 354. The summed E-state index contributed by atoms with van der Waals surface area (Å²) in [7, 11) is 2.02. The number of halogens is 1. The molecule has 0 radical (unpaired) electrons. The summed E-state index contributed by atoms with van der Waals surface area (Å²) in [6, 6.07) is 4.12. The Hall–Kier alpha value is -0.390. The lowest BCUT2D eigenvalue weighted by molar-refractivity contribution is -0.141. The van der Waals surface area contributed by atoms with Crippen LogP contribution in [0, 0.1) is 5.92 Å². The number of nitrogens with zero attached hydrogens (tertiary/aromatic N) is 1. The second-order valence-electron chi connectivity index (χ2n) is 3.97. The van der Waals surface area contributed by atoms with Gasteiger partial charge in [0, 0.05) is 11.4 Å². The normalized spacial score (nSPS) is 13.0. The summed E-state index contributed by atoms with van der Waals surface area (Å²) in [4.78, 5) is 14.1. The van der Waals surface area contributed by atoms with Crippen molar-refractivity contribution in [3.05, 3.63) is 20.8 Å². The molecule has 0 amide bonds. The van der Waals surface area contributed by atoms with Crippen LogP contribution in [-0.2, 0) is 11.3 Å². The highest BCUT2D eigenvalue weighted by Gasteiger charge is 2.12. The Labute approximate surface area is 108 Å². The number of carboxylic acids is 1. The number of carboxylic acid groups (broad SMARTS) is 1. The van der Waals surface area contributed by atoms with Crippen molar-refractivity contribution in [2.45, 2.75) is 19.9 Å². The molecule has 1 aromatic heterocycles. The molecule has 0 saturated carbocycles. The van der Waals surface area contributed by atoms with Gasteiger partial charge in [0.1, 0.15) is 0 Å². The number of hydrogen-bond acceptors (Lipinski definition) is 3. The first kappa shape index (κ1) is 13.7. The maximum Gasteiger partial charge on any atom is 0.306 e. The van der Waals surface area contributed by atoms with Gasteiger partial charge >= 0.3 is 5.97 Å². The van der Waals surface area contributed by atoms with Crippen LogP contribution in [0.1, 0.15) is 18.2 Å². The first-order valence-electron chi connectivity index (χ1n) is 5.14. The van der Waals surface area contributed by atoms with E-state index in [-0.39, 0.29) is 5.92 Å². The number of aliphatic carboxylic acids is 1. The number of rotatable bonds is 6. The van der Waals surface area contributed by atoms with Crippen LogP contribution in [0.5, 0.6) is 0 Å². The Balaban J connectivity index is 2.31. The van der Waals surface area contributed by atoms with Crippen LogP contribution >= 0.6 is 27.3 Å². The van der Waals surface area contributed by atoms with E-state index < -0.39 is 5.97 Å². The molecule has 1 N–H and O–H groups in total. The molecule has 0 spiro atoms. The molecule has 0 aliphatic rings. The lowest BCUT2D eigenvalue weighted by Crippen LogP contribution is -2.22. The van der Waals surface area contributed by atoms with Crippen LogP contribution in [0.4, 0.5) is 0 Å². The van der Waals surface area contributed by atoms with Gasteiger partial charge in [0.05, 0.1) is 9.70 Å². The van der Waals surface area contributed by atoms with E-state index >= 15 is 0 Å². The molecule has 1 rings (SSSR count). The largest absolute Gasteiger partial charge is 0.481 e. The Morgan fingerprint density at radius 1 is 1.62 bits per heavy atom. The summed E-state index contributed by atoms with van der Waals surface area (Å²) in [5.41, 5.74) is 0. The summed E-state index contributed by atoms with van der Waals surface area (Å²) in [5.74, 6) is -0.982. The van der Waals surface area contributed by atoms with Crippen LogP contribution in [0.15, 0.2) is 15.9 Å². The fourth-order valence-electron chi connectivity index (χ4n) is 1.32. The lowest BCUT2D eigenvalue weighted by Gasteiger charge is -2.16. The van der Waals surface area contributed by atoms with Gasteiger partial charge in [-0.1, -0.05) is 6.92 Å². The molecule has 0 aromatic carbocycles. The van der Waals surface area contributed by atoms with Crippen molar-refractivity contribution in [1.82, 2.24) is 4.90 Å². The van der Waals surface area contributed by atoms with Gasteiger partial charge in [0.2, 0.25) is 0 Å². The summed E-state index contributed by atoms with van der Waals surface area (Å²) in [6.45, 7) is 3.43. The van der Waals surface area contributed by atoms with Gasteiger partial charge in [-0.25, -0.2) is 0 Å². The third kappa shape index (κ3) is 4.63. The minimum atomic E-state index is -0.715. The third-order valence-corrected chi connectivity index (χ3v) is 4.03. The molecule has 1 atom stereocenters. The topological polar surface area (TPSA) is 40.5 Å². The van der Waals surface area contributed by atoms with Crippen molar-refractivity contribution in [2.24, 2.45) is 5.92 Å². The van der Waals surface area contributed by atoms with Crippen molar-refractivity contribution < 1.29 is 9.90 Å². The number of hydrogen-bond donors (Lipinski definition) is 1. The molecule has 0 fully saturated rings. The van der Waals surface area contributed by atoms with E-state index in [0.717, 1.165) is 16.9 Å². The van der Waals surface area contributed by atoms with Crippen LogP contribution in [0.3, 0.4) is 0 Å². The van der Waals surface area contributed by atoms with Crippen molar-refractivity contribution >= 4 is 33.2 Å². The van der Waals surface area contributed by atoms with E-state index in [1.54, 1.807) is 18.3 Å². The first-order chi connectivity index (χ1) is 7.49. The van der Waals surface area contributed by atoms with Gasteiger partial charge in [-0.05, 0) is 48.1 Å². The predicted octanol–water partition coefficient (Wildman–Crippen LogP) is 3.05. The highest BCUT2D eigenvalue weighted by molar-refractivity contribution is 9.11. The minimum Gasteiger partial charge on any atom is -0.481 e. The fourth-order valence-corrected chi connectivity index (χ4v) is 2.88. The molecule has 3 nitrogen and oxygen atoms in total. The van der Waals surface area contributed by atoms with E-state index in [0.29, 0.717) is 6.42 Å². The Kier molecular flexibility index (Phi) is 5.44. The van der Waals surface area contributed by atoms with Gasteiger partial charge in [0.25, 0.3) is 0 Å². The third-order valence-electron chi connectivity index (χ3n) is 2.42. The molecular formula is C11H16BrNO2S. The zero-order valence-electron chi connectivity index (χ0n) is 9.44. The molecule has 16 heavy (non-hydrogen) atoms. The molecule has 90 valence electrons. The monoisotopic (exact) mass is 305 g/mol. The van der Waals surface area contributed by atoms with Crippen LogP contribution in [-0.4, -0.2) is 29.6 Å². The van der Waals surface area contributed by atoms with Crippen molar-refractivity contribution in [2.75, 3.05) is 13.6 Å². The molecule has 0 aliphatic carbocycles. The van der Waals surface area contributed by atoms with E-state index in [1.165, 1.54) is 4.88 Å². The van der Waals surface area contributed by atoms with E-state index in [2.05, 4.69) is 26.9 Å². The summed E-state index contributed by atoms with van der Waals surface area (Å²) in [5, 5.41) is 8.77. The fraction of sp³-hybridized carbons (Fsp3) is 0.545. The van der Waals surface area contributed by atoms with Crippen LogP contribution < -0.4 is 0 Å². The molecule has 0 bridgehead atoms. The van der Waals surface area contributed by atoms with Crippen molar-refractivity contribution in [3.63, 3.8) is 0 Å². The zero-order chi connectivity index (χ0) is 12.1. The standard InChI is InChI=1S/C11H16BrNO2S/c1-8(11(14)15)5-6-13(2)7-9-3-4-10(12)16-9/h3-4,8H,5-7H2,1-2H3,(H,14,15). The molecule has 1 unspecified atom stereocenters. The highest BCUT2D eigenvalue weighted by atomic mass is 79.9. The minimum absolute atomic E-state index is 0.266. The zero-order valence-corrected chi connectivity index (χ0v) is 11.8. The Morgan fingerprint density at radius 2 is 2.31 bits per heavy atom. The van der Waals surface area contributed by atoms with Gasteiger partial charge in [-0.15, -0.1) is 11.3 Å². The summed E-state index contributed by atoms with van der Waals surface area (Å²) < 4.78 is 1.13. The smallest absolute Gasteiger partial charge is 0.306 e. The Morgan fingerprint density at radius 3 is 2.81 bits per heavy atom. The van der Waals surface area contributed by atoms with Crippen molar-refractivity contribution in [3.8, 4) is 0 Å². The number of carbonyl (C=O) groups is 1. The molecule has 1 heterocycles. The maximum absolute atomic E-state index is 10.7. The molecule has 0 aliphatic heterocycles. The van der Waals surface area contributed by atoms with Crippen molar-refractivity contribution in [1.29, 1.82) is 0 Å². The van der Waals surface area contributed by atoms with Gasteiger partial charge < -0.3 is 10.0 Å². The SMILES string of the molecule is CC(CCN(C)Cc1ccc(Br)s1)C(=O)O. The lowest BCUT2D eigenvalue weighted by atomic mass is 10.1. The first-order valence-corrected chi connectivity index (χ1v) is 6.75. The summed E-state index contributed by atoms with van der Waals surface area (Å²) in [6.07, 6.45) is 0.693. The van der Waals surface area contributed by atoms with E-state index in [4.69, 9.17) is 5.11 Å². The average molecular weight is 306 g/mol. The second kappa shape index (κ2) is 6.37. The molecule has 0 saturated heterocycles. The van der Waals surface area contributed by atoms with Gasteiger partial charge in [-0.3, -0.25) is 4.79 Å². The molecule has 1 aromatic rings. The van der Waals surface area contributed by atoms with Crippen LogP contribution in [0.25, 0.3) is 0 Å². The maximum atomic E-state index is 10.7. The predicted molar refractivity (Wildman–Crippen MR) is 69.8 cm³/mol. The quantitative estimate of drug-likeness (QED) is 0.878. The average Bonchev–Trinajstić information content (AvgIpc) is 2.60. The van der Waals surface area contributed by atoms with Crippen LogP contribution in [0.2, 0.25) is 0 Å². The highest BCUT2D eigenvalue weighted by Crippen LogP contribution is 2.23. The van der Waals surface area contributed by atoms with E-state index in [9.17, 15) is 4.79 Å². The second-order valence-corrected chi connectivity index (χ2v) is 6.52. The van der Waals surface area contributed by atoms with E-state index in [1.807, 2.05) is 13.1 Å². The van der Waals surface area contributed by atoms with Gasteiger partial charge in [-0.2, -0.15) is 0 Å². The summed E-state index contributed by atoms with van der Waals surface area (Å²) >= 11 is 5.14.